The van der Waals surface area contributed by atoms with Crippen molar-refractivity contribution >= 4 is 17.4 Å². The molecule has 0 bridgehead atoms. The van der Waals surface area contributed by atoms with Gasteiger partial charge in [-0.25, -0.2) is 0 Å². The maximum absolute atomic E-state index is 11.8. The number of carbonyl (C=O) groups excluding carboxylic acids is 1. The Morgan fingerprint density at radius 1 is 1.48 bits per heavy atom. The van der Waals surface area contributed by atoms with Gasteiger partial charge >= 0.3 is 0 Å². The van der Waals surface area contributed by atoms with E-state index in [4.69, 9.17) is 10.00 Å². The first-order valence-electron chi connectivity index (χ1n) is 5.71. The Balaban J connectivity index is 3.55. The van der Waals surface area contributed by atoms with Gasteiger partial charge in [0.15, 0.2) is 11.3 Å². The van der Waals surface area contributed by atoms with Crippen molar-refractivity contribution in [3.63, 3.8) is 0 Å². The highest BCUT2D eigenvalue weighted by molar-refractivity contribution is 6.03. The molecule has 0 unspecified atom stereocenters. The van der Waals surface area contributed by atoms with E-state index in [0.29, 0.717) is 0 Å². The van der Waals surface area contributed by atoms with Crippen LogP contribution in [0.4, 0.5) is 5.69 Å². The molecule has 8 heteroatoms. The van der Waals surface area contributed by atoms with Gasteiger partial charge in [-0.05, 0) is 12.1 Å². The highest BCUT2D eigenvalue weighted by Crippen LogP contribution is 2.30. The van der Waals surface area contributed by atoms with Crippen molar-refractivity contribution in [3.05, 3.63) is 39.4 Å². The number of likely N-dealkylation sites (N-methyl/N-ethyl adjacent to an activating group) is 1. The van der Waals surface area contributed by atoms with Gasteiger partial charge in [0.1, 0.15) is 11.8 Å². The number of nitro benzene ring substituents is 1. The fourth-order valence-corrected chi connectivity index (χ4v) is 1.55. The fourth-order valence-electron chi connectivity index (χ4n) is 1.55. The summed E-state index contributed by atoms with van der Waals surface area (Å²) >= 11 is 0. The molecule has 21 heavy (non-hydrogen) atoms. The number of benzene rings is 1. The van der Waals surface area contributed by atoms with Crippen LogP contribution in [0.3, 0.4) is 0 Å². The van der Waals surface area contributed by atoms with E-state index in [2.05, 4.69) is 0 Å². The van der Waals surface area contributed by atoms with E-state index in [1.165, 1.54) is 33.3 Å². The number of nitrogens with zero attached hydrogens (tertiary/aromatic N) is 3. The standard InChI is InChI=1S/C13H13N3O5/c1-15(2)13(18)10(7-14)12(17)9-5-4-8(21-3)6-11(9)16(19)20/h4-6,17H,1-3H3/b12-10-. The Labute approximate surface area is 120 Å². The van der Waals surface area contributed by atoms with Gasteiger partial charge in [0.05, 0.1) is 23.7 Å². The molecule has 0 saturated carbocycles. The molecule has 0 spiro atoms. The van der Waals surface area contributed by atoms with E-state index >= 15 is 0 Å². The number of amides is 1. The van der Waals surface area contributed by atoms with Gasteiger partial charge in [0.25, 0.3) is 11.6 Å². The van der Waals surface area contributed by atoms with Gasteiger partial charge in [-0.3, -0.25) is 14.9 Å². The first-order valence-corrected chi connectivity index (χ1v) is 5.71. The number of nitriles is 1. The van der Waals surface area contributed by atoms with Crippen molar-refractivity contribution in [3.8, 4) is 11.8 Å². The van der Waals surface area contributed by atoms with Crippen LogP contribution in [-0.2, 0) is 4.79 Å². The van der Waals surface area contributed by atoms with Crippen molar-refractivity contribution in [1.29, 1.82) is 5.26 Å². The lowest BCUT2D eigenvalue weighted by atomic mass is 10.1. The maximum atomic E-state index is 11.8. The summed E-state index contributed by atoms with van der Waals surface area (Å²) in [6, 6.07) is 5.26. The van der Waals surface area contributed by atoms with Crippen molar-refractivity contribution in [1.82, 2.24) is 4.90 Å². The maximum Gasteiger partial charge on any atom is 0.284 e. The normalized spacial score (nSPS) is 11.1. The largest absolute Gasteiger partial charge is 0.505 e. The zero-order valence-electron chi connectivity index (χ0n) is 11.7. The summed E-state index contributed by atoms with van der Waals surface area (Å²) in [5.41, 5.74) is -1.27. The van der Waals surface area contributed by atoms with Gasteiger partial charge in [0.2, 0.25) is 0 Å². The summed E-state index contributed by atoms with van der Waals surface area (Å²) in [5.74, 6) is -1.28. The van der Waals surface area contributed by atoms with E-state index in [0.717, 1.165) is 11.0 Å². The van der Waals surface area contributed by atoms with E-state index < -0.39 is 27.9 Å². The van der Waals surface area contributed by atoms with Gasteiger partial charge in [0, 0.05) is 14.1 Å². The predicted molar refractivity (Wildman–Crippen MR) is 73.5 cm³/mol. The van der Waals surface area contributed by atoms with Crippen LogP contribution in [-0.4, -0.2) is 42.0 Å². The Morgan fingerprint density at radius 3 is 2.52 bits per heavy atom. The molecule has 0 aliphatic heterocycles. The number of nitro groups is 1. The summed E-state index contributed by atoms with van der Waals surface area (Å²) in [5, 5.41) is 30.1. The molecule has 0 aliphatic carbocycles. The quantitative estimate of drug-likeness (QED) is 0.295. The van der Waals surface area contributed by atoms with E-state index in [1.807, 2.05) is 0 Å². The number of hydrogen-bond donors (Lipinski definition) is 1. The van der Waals surface area contributed by atoms with Crippen molar-refractivity contribution in [2.24, 2.45) is 0 Å². The molecular weight excluding hydrogens is 278 g/mol. The van der Waals surface area contributed by atoms with Gasteiger partial charge in [-0.2, -0.15) is 5.26 Å². The minimum atomic E-state index is -0.750. The zero-order valence-corrected chi connectivity index (χ0v) is 11.7. The third-order valence-corrected chi connectivity index (χ3v) is 2.63. The van der Waals surface area contributed by atoms with Crippen LogP contribution in [0.2, 0.25) is 0 Å². The fraction of sp³-hybridized carbons (Fsp3) is 0.231. The minimum Gasteiger partial charge on any atom is -0.505 e. The molecule has 0 aromatic heterocycles. The Bertz CT molecular complexity index is 658. The number of aliphatic hydroxyl groups excluding tert-OH is 1. The molecule has 1 amide bonds. The van der Waals surface area contributed by atoms with Crippen molar-refractivity contribution in [2.45, 2.75) is 0 Å². The summed E-state index contributed by atoms with van der Waals surface area (Å²) in [6.45, 7) is 0. The van der Waals surface area contributed by atoms with Crippen LogP contribution >= 0.6 is 0 Å². The molecule has 110 valence electrons. The number of aliphatic hydroxyl groups is 1. The molecule has 0 radical (unpaired) electrons. The third kappa shape index (κ3) is 3.27. The summed E-state index contributed by atoms with van der Waals surface area (Å²) < 4.78 is 4.87. The van der Waals surface area contributed by atoms with Crippen LogP contribution in [0.25, 0.3) is 5.76 Å². The summed E-state index contributed by atoms with van der Waals surface area (Å²) in [7, 11) is 4.13. The number of rotatable bonds is 4. The molecule has 0 fully saturated rings. The van der Waals surface area contributed by atoms with Crippen LogP contribution in [0.1, 0.15) is 5.56 Å². The second-order valence-electron chi connectivity index (χ2n) is 4.18. The Hall–Kier alpha value is -3.08. The molecule has 1 N–H and O–H groups in total. The van der Waals surface area contributed by atoms with E-state index in [-0.39, 0.29) is 11.3 Å². The second kappa shape index (κ2) is 6.38. The average molecular weight is 291 g/mol. The molecule has 0 aliphatic rings. The van der Waals surface area contributed by atoms with E-state index in [9.17, 15) is 20.0 Å². The third-order valence-electron chi connectivity index (χ3n) is 2.63. The molecule has 1 aromatic rings. The van der Waals surface area contributed by atoms with Gasteiger partial charge in [-0.1, -0.05) is 0 Å². The lowest BCUT2D eigenvalue weighted by Gasteiger charge is -2.11. The molecule has 0 heterocycles. The summed E-state index contributed by atoms with van der Waals surface area (Å²) in [6.07, 6.45) is 0. The van der Waals surface area contributed by atoms with Crippen LogP contribution < -0.4 is 4.74 Å². The number of hydrogen-bond acceptors (Lipinski definition) is 6. The zero-order chi connectivity index (χ0) is 16.2. The van der Waals surface area contributed by atoms with Gasteiger partial charge in [-0.15, -0.1) is 0 Å². The molecule has 0 atom stereocenters. The number of ether oxygens (including phenoxy) is 1. The summed E-state index contributed by atoms with van der Waals surface area (Å²) in [4.78, 5) is 23.2. The molecule has 0 saturated heterocycles. The highest BCUT2D eigenvalue weighted by Gasteiger charge is 2.24. The average Bonchev–Trinajstić information content (AvgIpc) is 2.46. The van der Waals surface area contributed by atoms with Crippen LogP contribution in [0.15, 0.2) is 23.8 Å². The smallest absolute Gasteiger partial charge is 0.284 e. The lowest BCUT2D eigenvalue weighted by Crippen LogP contribution is -2.24. The first kappa shape index (κ1) is 16.0. The highest BCUT2D eigenvalue weighted by atomic mass is 16.6. The van der Waals surface area contributed by atoms with Crippen molar-refractivity contribution in [2.75, 3.05) is 21.2 Å². The lowest BCUT2D eigenvalue weighted by molar-refractivity contribution is -0.385. The first-order chi connectivity index (χ1) is 9.83. The van der Waals surface area contributed by atoms with Crippen LogP contribution in [0, 0.1) is 21.4 Å². The molecule has 1 rings (SSSR count). The monoisotopic (exact) mass is 291 g/mol. The van der Waals surface area contributed by atoms with E-state index in [1.54, 1.807) is 6.07 Å². The second-order valence-corrected chi connectivity index (χ2v) is 4.18. The molecule has 8 nitrogen and oxygen atoms in total. The van der Waals surface area contributed by atoms with Crippen LogP contribution in [0.5, 0.6) is 5.75 Å². The molecular formula is C13H13N3O5. The Morgan fingerprint density at radius 2 is 2.10 bits per heavy atom. The molecule has 1 aromatic carbocycles. The van der Waals surface area contributed by atoms with Crippen molar-refractivity contribution < 1.29 is 19.6 Å². The SMILES string of the molecule is COc1ccc(/C(O)=C(\C#N)C(=O)N(C)C)c([N+](=O)[O-])c1. The van der Waals surface area contributed by atoms with Gasteiger partial charge < -0.3 is 14.7 Å². The Kier molecular flexibility index (Phi) is 4.86. The number of methoxy groups -OCH3 is 1. The number of carbonyl (C=O) groups is 1. The minimum absolute atomic E-state index is 0.218. The predicted octanol–water partition coefficient (Wildman–Crippen LogP) is 1.48. The topological polar surface area (TPSA) is 117 Å².